The number of hydrogen-bond donors (Lipinski definition) is 1. The summed E-state index contributed by atoms with van der Waals surface area (Å²) in [5.74, 6) is 0. The standard InChI is InChI=1S/C16H28N2/c1-12-9-7-8-10-14(12)15(17)11-18(6)13(2)16(3,4)5/h7-10,13,15H,11,17H2,1-6H3. The van der Waals surface area contributed by atoms with E-state index >= 15 is 0 Å². The van der Waals surface area contributed by atoms with Crippen molar-refractivity contribution in [1.29, 1.82) is 0 Å². The molecule has 0 amide bonds. The predicted octanol–water partition coefficient (Wildman–Crippen LogP) is 3.36. The first-order valence-electron chi connectivity index (χ1n) is 6.75. The molecule has 2 nitrogen and oxygen atoms in total. The minimum Gasteiger partial charge on any atom is -0.323 e. The Morgan fingerprint density at radius 1 is 1.22 bits per heavy atom. The van der Waals surface area contributed by atoms with E-state index in [0.29, 0.717) is 6.04 Å². The summed E-state index contributed by atoms with van der Waals surface area (Å²) < 4.78 is 0. The zero-order valence-electron chi connectivity index (χ0n) is 12.7. The van der Waals surface area contributed by atoms with E-state index in [1.54, 1.807) is 0 Å². The Balaban J connectivity index is 2.71. The first-order chi connectivity index (χ1) is 8.23. The van der Waals surface area contributed by atoms with Gasteiger partial charge in [-0.3, -0.25) is 0 Å². The van der Waals surface area contributed by atoms with Gasteiger partial charge >= 0.3 is 0 Å². The van der Waals surface area contributed by atoms with E-state index in [9.17, 15) is 0 Å². The molecule has 2 N–H and O–H groups in total. The third kappa shape index (κ3) is 3.82. The highest BCUT2D eigenvalue weighted by atomic mass is 15.1. The lowest BCUT2D eigenvalue weighted by molar-refractivity contribution is 0.134. The van der Waals surface area contributed by atoms with E-state index in [2.05, 4.69) is 70.8 Å². The third-order valence-electron chi connectivity index (χ3n) is 3.99. The fraction of sp³-hybridized carbons (Fsp3) is 0.625. The van der Waals surface area contributed by atoms with Gasteiger partial charge in [0.1, 0.15) is 0 Å². The van der Waals surface area contributed by atoms with Gasteiger partial charge < -0.3 is 10.6 Å². The Morgan fingerprint density at radius 2 is 1.78 bits per heavy atom. The van der Waals surface area contributed by atoms with Crippen LogP contribution in [-0.2, 0) is 0 Å². The van der Waals surface area contributed by atoms with Crippen LogP contribution in [0.5, 0.6) is 0 Å². The molecule has 0 radical (unpaired) electrons. The number of hydrogen-bond acceptors (Lipinski definition) is 2. The van der Waals surface area contributed by atoms with E-state index in [1.807, 2.05) is 0 Å². The zero-order valence-corrected chi connectivity index (χ0v) is 12.7. The summed E-state index contributed by atoms with van der Waals surface area (Å²) in [7, 11) is 2.16. The van der Waals surface area contributed by atoms with Crippen LogP contribution in [0.4, 0.5) is 0 Å². The van der Waals surface area contributed by atoms with Gasteiger partial charge in [0.05, 0.1) is 0 Å². The molecule has 0 bridgehead atoms. The third-order valence-corrected chi connectivity index (χ3v) is 3.99. The molecule has 18 heavy (non-hydrogen) atoms. The van der Waals surface area contributed by atoms with Crippen LogP contribution in [0.2, 0.25) is 0 Å². The van der Waals surface area contributed by atoms with Crippen molar-refractivity contribution in [3.8, 4) is 0 Å². The summed E-state index contributed by atoms with van der Waals surface area (Å²) in [5.41, 5.74) is 9.15. The number of likely N-dealkylation sites (N-methyl/N-ethyl adjacent to an activating group) is 1. The lowest BCUT2D eigenvalue weighted by Gasteiger charge is -2.36. The Kier molecular flexibility index (Phi) is 4.94. The fourth-order valence-corrected chi connectivity index (χ4v) is 2.23. The minimum absolute atomic E-state index is 0.0843. The second kappa shape index (κ2) is 5.85. The molecular formula is C16H28N2. The molecule has 0 aromatic heterocycles. The Morgan fingerprint density at radius 3 is 2.28 bits per heavy atom. The largest absolute Gasteiger partial charge is 0.323 e. The fourth-order valence-electron chi connectivity index (χ4n) is 2.23. The summed E-state index contributed by atoms with van der Waals surface area (Å²) in [6.45, 7) is 12.1. The van der Waals surface area contributed by atoms with Gasteiger partial charge in [-0.1, -0.05) is 45.0 Å². The van der Waals surface area contributed by atoms with Crippen LogP contribution in [0.25, 0.3) is 0 Å². The van der Waals surface area contributed by atoms with Crippen LogP contribution in [0.1, 0.15) is 44.9 Å². The maximum Gasteiger partial charge on any atom is 0.0426 e. The summed E-state index contributed by atoms with van der Waals surface area (Å²) in [5, 5.41) is 0. The summed E-state index contributed by atoms with van der Waals surface area (Å²) >= 11 is 0. The highest BCUT2D eigenvalue weighted by Gasteiger charge is 2.25. The van der Waals surface area contributed by atoms with Gasteiger partial charge in [0.15, 0.2) is 0 Å². The molecule has 0 aliphatic heterocycles. The molecule has 1 aromatic rings. The number of rotatable bonds is 4. The van der Waals surface area contributed by atoms with Crippen LogP contribution in [0.3, 0.4) is 0 Å². The molecule has 1 aromatic carbocycles. The molecule has 0 heterocycles. The van der Waals surface area contributed by atoms with Gasteiger partial charge in [0.25, 0.3) is 0 Å². The van der Waals surface area contributed by atoms with E-state index in [1.165, 1.54) is 11.1 Å². The van der Waals surface area contributed by atoms with Crippen molar-refractivity contribution < 1.29 is 0 Å². The lowest BCUT2D eigenvalue weighted by atomic mass is 9.87. The maximum absolute atomic E-state index is 6.34. The number of nitrogens with two attached hydrogens (primary N) is 1. The molecule has 0 aliphatic rings. The van der Waals surface area contributed by atoms with E-state index in [-0.39, 0.29) is 11.5 Å². The van der Waals surface area contributed by atoms with Crippen LogP contribution < -0.4 is 5.73 Å². The van der Waals surface area contributed by atoms with Gasteiger partial charge in [-0.25, -0.2) is 0 Å². The van der Waals surface area contributed by atoms with Crippen molar-refractivity contribution in [2.24, 2.45) is 11.1 Å². The lowest BCUT2D eigenvalue weighted by Crippen LogP contribution is -2.42. The molecule has 2 atom stereocenters. The zero-order chi connectivity index (χ0) is 13.9. The van der Waals surface area contributed by atoms with Crippen molar-refractivity contribution >= 4 is 0 Å². The molecule has 0 fully saturated rings. The van der Waals surface area contributed by atoms with Crippen LogP contribution in [0, 0.1) is 12.3 Å². The first kappa shape index (κ1) is 15.2. The average molecular weight is 248 g/mol. The molecule has 102 valence electrons. The van der Waals surface area contributed by atoms with Crippen molar-refractivity contribution in [2.75, 3.05) is 13.6 Å². The van der Waals surface area contributed by atoms with Crippen molar-refractivity contribution in [3.63, 3.8) is 0 Å². The van der Waals surface area contributed by atoms with Crippen LogP contribution in [-0.4, -0.2) is 24.5 Å². The number of benzene rings is 1. The van der Waals surface area contributed by atoms with Crippen molar-refractivity contribution in [1.82, 2.24) is 4.90 Å². The normalized spacial score (nSPS) is 15.8. The molecule has 0 saturated carbocycles. The Hall–Kier alpha value is -0.860. The van der Waals surface area contributed by atoms with Gasteiger partial charge in [-0.15, -0.1) is 0 Å². The summed E-state index contributed by atoms with van der Waals surface area (Å²) in [4.78, 5) is 2.36. The highest BCUT2D eigenvalue weighted by molar-refractivity contribution is 5.28. The number of nitrogens with zero attached hydrogens (tertiary/aromatic N) is 1. The molecule has 0 spiro atoms. The Labute approximate surface area is 112 Å². The second-order valence-corrected chi connectivity index (χ2v) is 6.44. The molecule has 2 unspecified atom stereocenters. The first-order valence-corrected chi connectivity index (χ1v) is 6.75. The molecule has 0 aliphatic carbocycles. The average Bonchev–Trinajstić information content (AvgIpc) is 2.27. The Bertz CT molecular complexity index is 379. The minimum atomic E-state index is 0.0843. The van der Waals surface area contributed by atoms with E-state index in [4.69, 9.17) is 5.73 Å². The quantitative estimate of drug-likeness (QED) is 0.885. The molecule has 2 heteroatoms. The second-order valence-electron chi connectivity index (χ2n) is 6.44. The molecular weight excluding hydrogens is 220 g/mol. The van der Waals surface area contributed by atoms with Crippen LogP contribution in [0.15, 0.2) is 24.3 Å². The summed E-state index contributed by atoms with van der Waals surface area (Å²) in [6, 6.07) is 8.98. The highest BCUT2D eigenvalue weighted by Crippen LogP contribution is 2.25. The van der Waals surface area contributed by atoms with Gasteiger partial charge in [-0.2, -0.15) is 0 Å². The van der Waals surface area contributed by atoms with Gasteiger partial charge in [-0.05, 0) is 37.4 Å². The van der Waals surface area contributed by atoms with Gasteiger partial charge in [0.2, 0.25) is 0 Å². The molecule has 1 rings (SSSR count). The predicted molar refractivity (Wildman–Crippen MR) is 79.7 cm³/mol. The van der Waals surface area contributed by atoms with Gasteiger partial charge in [0, 0.05) is 18.6 Å². The maximum atomic E-state index is 6.34. The monoisotopic (exact) mass is 248 g/mol. The smallest absolute Gasteiger partial charge is 0.0426 e. The molecule has 0 saturated heterocycles. The van der Waals surface area contributed by atoms with Crippen molar-refractivity contribution in [3.05, 3.63) is 35.4 Å². The number of aryl methyl sites for hydroxylation is 1. The van der Waals surface area contributed by atoms with Crippen molar-refractivity contribution in [2.45, 2.75) is 46.7 Å². The van der Waals surface area contributed by atoms with E-state index in [0.717, 1.165) is 6.54 Å². The van der Waals surface area contributed by atoms with Crippen LogP contribution >= 0.6 is 0 Å². The topological polar surface area (TPSA) is 29.3 Å². The van der Waals surface area contributed by atoms with E-state index < -0.39 is 0 Å². The SMILES string of the molecule is Cc1ccccc1C(N)CN(C)C(C)C(C)(C)C. The summed E-state index contributed by atoms with van der Waals surface area (Å²) in [6.07, 6.45) is 0.